The fraction of sp³-hybridized carbons (Fsp3) is 0.818. The second kappa shape index (κ2) is 10.5. The van der Waals surface area contributed by atoms with E-state index in [9.17, 15) is 9.59 Å². The van der Waals surface area contributed by atoms with E-state index in [1.807, 2.05) is 0 Å². The average molecular weight is 300 g/mol. The molecule has 0 aliphatic rings. The van der Waals surface area contributed by atoms with Crippen molar-refractivity contribution in [2.75, 3.05) is 11.5 Å². The molecule has 7 heteroatoms. The monoisotopic (exact) mass is 299 g/mol. The molecule has 0 aliphatic heterocycles. The minimum absolute atomic E-state index is 0. The van der Waals surface area contributed by atoms with Crippen molar-refractivity contribution in [2.24, 2.45) is 5.73 Å². The second-order valence-electron chi connectivity index (χ2n) is 4.15. The molecule has 0 aromatic heterocycles. The molecule has 0 fully saturated rings. The number of carbonyl (C=O) groups excluding carboxylic acids is 2. The maximum absolute atomic E-state index is 11.3. The Kier molecular flexibility index (Phi) is 11.5. The summed E-state index contributed by atoms with van der Waals surface area (Å²) in [6.07, 6.45) is -0.299. The first-order valence-electron chi connectivity index (χ1n) is 5.56. The number of rotatable bonds is 7. The number of thioether (sulfide) groups is 1. The van der Waals surface area contributed by atoms with Crippen molar-refractivity contribution in [1.29, 1.82) is 0 Å². The molecule has 0 heterocycles. The van der Waals surface area contributed by atoms with Gasteiger partial charge in [-0.25, -0.2) is 0 Å². The van der Waals surface area contributed by atoms with Gasteiger partial charge in [-0.1, -0.05) is 0 Å². The van der Waals surface area contributed by atoms with Crippen molar-refractivity contribution < 1.29 is 19.1 Å². The van der Waals surface area contributed by atoms with Gasteiger partial charge in [-0.2, -0.15) is 0 Å². The van der Waals surface area contributed by atoms with Gasteiger partial charge in [-0.3, -0.25) is 9.59 Å². The van der Waals surface area contributed by atoms with Crippen molar-refractivity contribution in [3.05, 3.63) is 0 Å². The Morgan fingerprint density at radius 3 is 2.06 bits per heavy atom. The molecule has 0 saturated heterocycles. The Bertz CT molecular complexity index is 261. The number of carbonyl (C=O) groups is 2. The van der Waals surface area contributed by atoms with Crippen LogP contribution in [0.1, 0.15) is 27.7 Å². The highest BCUT2D eigenvalue weighted by Gasteiger charge is 2.17. The molecule has 0 spiro atoms. The molecule has 0 saturated carbocycles. The highest BCUT2D eigenvalue weighted by Crippen LogP contribution is 2.05. The van der Waals surface area contributed by atoms with E-state index in [2.05, 4.69) is 0 Å². The fourth-order valence-electron chi connectivity index (χ4n) is 0.954. The highest BCUT2D eigenvalue weighted by atomic mass is 35.5. The van der Waals surface area contributed by atoms with Gasteiger partial charge in [-0.15, -0.1) is 24.2 Å². The summed E-state index contributed by atoms with van der Waals surface area (Å²) in [7, 11) is 0. The molecule has 1 atom stereocenters. The average Bonchev–Trinajstić information content (AvgIpc) is 2.14. The normalized spacial score (nSPS) is 11.9. The van der Waals surface area contributed by atoms with E-state index in [4.69, 9.17) is 15.2 Å². The van der Waals surface area contributed by atoms with Crippen LogP contribution >= 0.6 is 24.2 Å². The lowest BCUT2D eigenvalue weighted by Gasteiger charge is -2.13. The first kappa shape index (κ1) is 19.9. The number of esters is 2. The first-order valence-corrected chi connectivity index (χ1v) is 6.71. The van der Waals surface area contributed by atoms with Gasteiger partial charge in [0, 0.05) is 5.75 Å². The molecule has 18 heavy (non-hydrogen) atoms. The predicted octanol–water partition coefficient (Wildman–Crippen LogP) is 1.37. The fourth-order valence-corrected chi connectivity index (χ4v) is 1.70. The van der Waals surface area contributed by atoms with Crippen LogP contribution in [0.2, 0.25) is 0 Å². The van der Waals surface area contributed by atoms with Gasteiger partial charge in [0.15, 0.2) is 0 Å². The van der Waals surface area contributed by atoms with Gasteiger partial charge >= 0.3 is 11.9 Å². The van der Waals surface area contributed by atoms with Crippen LogP contribution in [0, 0.1) is 0 Å². The summed E-state index contributed by atoms with van der Waals surface area (Å²) in [5, 5.41) is 0. The molecular formula is C11H22ClNO4S. The zero-order chi connectivity index (χ0) is 13.4. The third-order valence-electron chi connectivity index (χ3n) is 1.54. The molecule has 0 bridgehead atoms. The van der Waals surface area contributed by atoms with E-state index in [0.717, 1.165) is 0 Å². The van der Waals surface area contributed by atoms with Crippen LogP contribution in [0.4, 0.5) is 0 Å². The third-order valence-corrected chi connectivity index (χ3v) is 2.57. The molecular weight excluding hydrogens is 278 g/mol. The van der Waals surface area contributed by atoms with E-state index in [1.165, 1.54) is 11.8 Å². The zero-order valence-corrected chi connectivity index (χ0v) is 12.8. The molecule has 0 unspecified atom stereocenters. The number of halogens is 1. The lowest BCUT2D eigenvalue weighted by Crippen LogP contribution is -2.36. The summed E-state index contributed by atoms with van der Waals surface area (Å²) in [5.74, 6) is -0.196. The lowest BCUT2D eigenvalue weighted by molar-refractivity contribution is -0.148. The van der Waals surface area contributed by atoms with Crippen LogP contribution in [0.15, 0.2) is 0 Å². The maximum Gasteiger partial charge on any atom is 0.324 e. The van der Waals surface area contributed by atoms with Crippen molar-refractivity contribution in [3.8, 4) is 0 Å². The molecule has 0 aromatic carbocycles. The topological polar surface area (TPSA) is 78.6 Å². The minimum Gasteiger partial charge on any atom is -0.462 e. The molecule has 0 aromatic rings. The van der Waals surface area contributed by atoms with Gasteiger partial charge in [0.1, 0.15) is 6.04 Å². The number of hydrogen-bond donors (Lipinski definition) is 1. The van der Waals surface area contributed by atoms with Crippen LogP contribution in [0.25, 0.3) is 0 Å². The molecule has 2 N–H and O–H groups in total. The Morgan fingerprint density at radius 2 is 1.61 bits per heavy atom. The summed E-state index contributed by atoms with van der Waals surface area (Å²) >= 11 is 1.27. The molecule has 0 aliphatic carbocycles. The quantitative estimate of drug-likeness (QED) is 0.715. The molecule has 108 valence electrons. The molecule has 0 rings (SSSR count). The van der Waals surface area contributed by atoms with Gasteiger partial charge < -0.3 is 15.2 Å². The van der Waals surface area contributed by atoms with E-state index >= 15 is 0 Å². The van der Waals surface area contributed by atoms with Gasteiger partial charge in [-0.05, 0) is 27.7 Å². The van der Waals surface area contributed by atoms with Crippen molar-refractivity contribution in [3.63, 3.8) is 0 Å². The Hall–Kier alpha value is -0.460. The van der Waals surface area contributed by atoms with E-state index in [0.29, 0.717) is 5.75 Å². The summed E-state index contributed by atoms with van der Waals surface area (Å²) in [5.41, 5.74) is 5.61. The minimum atomic E-state index is -0.700. The number of nitrogens with two attached hydrogens (primary N) is 1. The SMILES string of the molecule is CC(C)OC(=O)CSC[C@H](N)C(=O)OC(C)C.Cl. The lowest BCUT2D eigenvalue weighted by atomic mass is 10.3. The summed E-state index contributed by atoms with van der Waals surface area (Å²) in [6, 6.07) is -0.700. The Balaban J connectivity index is 0. The number of ether oxygens (including phenoxy) is 2. The summed E-state index contributed by atoms with van der Waals surface area (Å²) < 4.78 is 9.88. The predicted molar refractivity (Wildman–Crippen MR) is 75.0 cm³/mol. The van der Waals surface area contributed by atoms with Crippen LogP contribution in [0.3, 0.4) is 0 Å². The highest BCUT2D eigenvalue weighted by molar-refractivity contribution is 8.00. The third kappa shape index (κ3) is 10.7. The van der Waals surface area contributed by atoms with E-state index in [1.54, 1.807) is 27.7 Å². The molecule has 0 amide bonds. The summed E-state index contributed by atoms with van der Waals surface area (Å²) in [4.78, 5) is 22.5. The van der Waals surface area contributed by atoms with E-state index < -0.39 is 12.0 Å². The first-order chi connectivity index (χ1) is 7.82. The van der Waals surface area contributed by atoms with Gasteiger partial charge in [0.2, 0.25) is 0 Å². The molecule has 5 nitrogen and oxygen atoms in total. The Morgan fingerprint density at radius 1 is 1.11 bits per heavy atom. The van der Waals surface area contributed by atoms with Crippen LogP contribution < -0.4 is 5.73 Å². The zero-order valence-electron chi connectivity index (χ0n) is 11.2. The second-order valence-corrected chi connectivity index (χ2v) is 5.18. The van der Waals surface area contributed by atoms with E-state index in [-0.39, 0.29) is 36.3 Å². The van der Waals surface area contributed by atoms with Crippen molar-refractivity contribution in [2.45, 2.75) is 45.9 Å². The number of hydrogen-bond acceptors (Lipinski definition) is 6. The van der Waals surface area contributed by atoms with Crippen molar-refractivity contribution in [1.82, 2.24) is 0 Å². The van der Waals surface area contributed by atoms with Crippen LogP contribution in [-0.4, -0.2) is 41.7 Å². The summed E-state index contributed by atoms with van der Waals surface area (Å²) in [6.45, 7) is 7.10. The van der Waals surface area contributed by atoms with Gasteiger partial charge in [0.05, 0.1) is 18.0 Å². The van der Waals surface area contributed by atoms with Gasteiger partial charge in [0.25, 0.3) is 0 Å². The van der Waals surface area contributed by atoms with Crippen molar-refractivity contribution >= 4 is 36.1 Å². The Labute approximate surface area is 119 Å². The van der Waals surface area contributed by atoms with Crippen LogP contribution in [0.5, 0.6) is 0 Å². The largest absolute Gasteiger partial charge is 0.462 e. The molecule has 0 radical (unpaired) electrons. The maximum atomic E-state index is 11.3. The standard InChI is InChI=1S/C11H21NO4S.ClH/c1-7(2)15-10(13)6-17-5-9(12)11(14)16-8(3)4;/h7-9H,5-6,12H2,1-4H3;1H/t9-;/m0./s1. The van der Waals surface area contributed by atoms with Crippen LogP contribution in [-0.2, 0) is 19.1 Å². The smallest absolute Gasteiger partial charge is 0.324 e.